The molecular weight excluding hydrogens is 279 g/mol. The third kappa shape index (κ3) is 15.4. The van der Waals surface area contributed by atoms with Gasteiger partial charge in [0.1, 0.15) is 6.54 Å². The van der Waals surface area contributed by atoms with Crippen molar-refractivity contribution in [2.45, 2.75) is 13.8 Å². The van der Waals surface area contributed by atoms with Crippen LogP contribution in [0.25, 0.3) is 0 Å². The number of carboxylic acid groups (broad SMARTS) is 1. The lowest BCUT2D eigenvalue weighted by atomic mass is 10.5. The van der Waals surface area contributed by atoms with E-state index in [0.717, 1.165) is 6.54 Å². The fourth-order valence-electron chi connectivity index (χ4n) is 1.16. The lowest BCUT2D eigenvalue weighted by Gasteiger charge is -2.40. The maximum atomic E-state index is 11.8. The molecule has 19 heavy (non-hydrogen) atoms. The molecule has 0 fully saturated rings. The van der Waals surface area contributed by atoms with Crippen molar-refractivity contribution in [2.24, 2.45) is 5.73 Å². The molecule has 0 aromatic rings. The van der Waals surface area contributed by atoms with Crippen molar-refractivity contribution in [3.8, 4) is 0 Å². The van der Waals surface area contributed by atoms with E-state index in [1.54, 1.807) is 6.92 Å². The first-order valence-corrected chi connectivity index (χ1v) is 7.51. The molecule has 0 bridgehead atoms. The van der Waals surface area contributed by atoms with Crippen LogP contribution in [0.1, 0.15) is 13.8 Å². The average Bonchev–Trinajstić information content (AvgIpc) is 2.14. The quantitative estimate of drug-likeness (QED) is 0.203. The molecule has 0 aromatic heterocycles. The molecule has 0 aliphatic carbocycles. The molecule has 9 nitrogen and oxygen atoms in total. The van der Waals surface area contributed by atoms with E-state index in [4.69, 9.17) is 25.4 Å². The van der Waals surface area contributed by atoms with E-state index in [2.05, 4.69) is 0 Å². The van der Waals surface area contributed by atoms with Crippen LogP contribution in [-0.2, 0) is 14.1 Å². The normalized spacial score (nSPS) is 14.2. The third-order valence-corrected chi connectivity index (χ3v) is 2.60. The maximum absolute atomic E-state index is 11.8. The van der Waals surface area contributed by atoms with E-state index in [9.17, 15) is 14.6 Å². The number of aliphatic carboxylic acids is 1. The number of rotatable bonds is 8. The molecule has 0 amide bonds. The Morgan fingerprint density at radius 3 is 2.21 bits per heavy atom. The second kappa shape index (κ2) is 10.3. The largest absolute Gasteiger partial charge is 0.632 e. The molecule has 5 N–H and O–H groups in total. The zero-order chi connectivity index (χ0) is 15.5. The number of nitrogens with two attached hydrogens (primary N) is 1. The lowest BCUT2D eigenvalue weighted by molar-refractivity contribution is -0.863. The highest BCUT2D eigenvalue weighted by Crippen LogP contribution is 2.37. The predicted octanol–water partition coefficient (Wildman–Crippen LogP) is -0.478. The molecule has 0 aliphatic heterocycles. The van der Waals surface area contributed by atoms with E-state index in [1.807, 2.05) is 6.92 Å². The summed E-state index contributed by atoms with van der Waals surface area (Å²) in [4.78, 5) is 27.8. The highest BCUT2D eigenvalue weighted by molar-refractivity contribution is 7.51. The Bertz CT molecular complexity index is 296. The summed E-state index contributed by atoms with van der Waals surface area (Å²) in [6, 6.07) is 0. The fourth-order valence-corrected chi connectivity index (χ4v) is 2.07. The molecule has 1 atom stereocenters. The van der Waals surface area contributed by atoms with Crippen LogP contribution >= 0.6 is 7.60 Å². The first kappa shape index (κ1) is 20.8. The molecular formula is C9H23N2O7P. The van der Waals surface area contributed by atoms with Gasteiger partial charge in [-0.05, 0) is 13.5 Å². The van der Waals surface area contributed by atoms with Gasteiger partial charge in [0.2, 0.25) is 0 Å². The van der Waals surface area contributed by atoms with E-state index in [0.29, 0.717) is 6.61 Å². The van der Waals surface area contributed by atoms with Gasteiger partial charge in [-0.2, -0.15) is 0 Å². The van der Waals surface area contributed by atoms with Crippen LogP contribution in [-0.4, -0.2) is 64.6 Å². The van der Waals surface area contributed by atoms with Gasteiger partial charge in [-0.15, -0.1) is 0 Å². The highest BCUT2D eigenvalue weighted by atomic mass is 31.2. The Morgan fingerprint density at radius 2 is 1.89 bits per heavy atom. The Morgan fingerprint density at radius 1 is 1.42 bits per heavy atom. The van der Waals surface area contributed by atoms with Gasteiger partial charge in [-0.25, -0.2) is 4.79 Å². The maximum Gasteiger partial charge on any atom is 0.379 e. The fraction of sp³-hybridized carbons (Fsp3) is 0.889. The molecule has 10 heteroatoms. The van der Waals surface area contributed by atoms with Crippen molar-refractivity contribution in [3.05, 3.63) is 5.21 Å². The Hall–Kier alpha value is -0.540. The zero-order valence-electron chi connectivity index (χ0n) is 11.2. The predicted molar refractivity (Wildman–Crippen MR) is 69.1 cm³/mol. The van der Waals surface area contributed by atoms with Crippen LogP contribution in [0.2, 0.25) is 0 Å². The second-order valence-corrected chi connectivity index (χ2v) is 5.36. The molecule has 116 valence electrons. The highest BCUT2D eigenvalue weighted by Gasteiger charge is 2.30. The van der Waals surface area contributed by atoms with Crippen molar-refractivity contribution in [2.75, 3.05) is 39.1 Å². The second-order valence-electron chi connectivity index (χ2n) is 3.74. The summed E-state index contributed by atoms with van der Waals surface area (Å²) in [7, 11) is -4.55. The summed E-state index contributed by atoms with van der Waals surface area (Å²) in [5.41, 5.74) is 4.85. The summed E-state index contributed by atoms with van der Waals surface area (Å²) in [6.07, 6.45) is -1.05. The van der Waals surface area contributed by atoms with Gasteiger partial charge in [0.15, 0.2) is 12.8 Å². The number of carbonyl (C=O) groups is 1. The minimum atomic E-state index is -4.55. The van der Waals surface area contributed by atoms with Gasteiger partial charge in [-0.1, -0.05) is 6.92 Å². The minimum Gasteiger partial charge on any atom is -0.632 e. The third-order valence-electron chi connectivity index (χ3n) is 1.71. The molecule has 0 saturated heterocycles. The van der Waals surface area contributed by atoms with Crippen LogP contribution in [0, 0.1) is 5.21 Å². The number of ether oxygens (including phenoxy) is 1. The number of hydrogen-bond donors (Lipinski definition) is 4. The topological polar surface area (TPSA) is 153 Å². The average molecular weight is 302 g/mol. The standard InChI is InChI=1S/C7H16NO7P.C2H7N/c1-2-15-4-3-8(11,5-7(9)10)6-16(12,13)14;1-2-3/h2-6H2,1H3,(H,9,10)(H2,12,13,14);2-3H2,1H3. The molecule has 0 spiro atoms. The zero-order valence-corrected chi connectivity index (χ0v) is 12.1. The molecule has 0 heterocycles. The van der Waals surface area contributed by atoms with Gasteiger partial charge in [-0.3, -0.25) is 4.57 Å². The van der Waals surface area contributed by atoms with Gasteiger partial charge in [0.05, 0.1) is 6.61 Å². The summed E-state index contributed by atoms with van der Waals surface area (Å²) < 4.78 is 14.1. The number of nitrogens with zero attached hydrogens (tertiary/aromatic N) is 1. The molecule has 0 aliphatic rings. The first-order chi connectivity index (χ1) is 8.60. The minimum absolute atomic E-state index is 0.0344. The lowest BCUT2D eigenvalue weighted by Crippen LogP contribution is -2.48. The first-order valence-electron chi connectivity index (χ1n) is 5.71. The smallest absolute Gasteiger partial charge is 0.379 e. The van der Waals surface area contributed by atoms with Crippen LogP contribution in [0.3, 0.4) is 0 Å². The summed E-state index contributed by atoms with van der Waals surface area (Å²) in [5, 5.41) is 20.3. The van der Waals surface area contributed by atoms with Crippen molar-refractivity contribution in [1.29, 1.82) is 0 Å². The van der Waals surface area contributed by atoms with E-state index in [-0.39, 0.29) is 13.2 Å². The number of carboxylic acids is 1. The van der Waals surface area contributed by atoms with Crippen LogP contribution in [0.5, 0.6) is 0 Å². The van der Waals surface area contributed by atoms with Crippen molar-refractivity contribution < 1.29 is 33.6 Å². The van der Waals surface area contributed by atoms with Gasteiger partial charge in [0.25, 0.3) is 0 Å². The molecule has 0 rings (SSSR count). The summed E-state index contributed by atoms with van der Waals surface area (Å²) in [5.74, 6) is -1.40. The van der Waals surface area contributed by atoms with Crippen molar-refractivity contribution in [1.82, 2.24) is 0 Å². The van der Waals surface area contributed by atoms with Gasteiger partial charge >= 0.3 is 13.6 Å². The summed E-state index contributed by atoms with van der Waals surface area (Å²) in [6.45, 7) is 3.47. The molecule has 1 unspecified atom stereocenters. The van der Waals surface area contributed by atoms with E-state index in [1.165, 1.54) is 0 Å². The van der Waals surface area contributed by atoms with Crippen LogP contribution in [0.4, 0.5) is 0 Å². The number of hydrogen-bond acceptors (Lipinski definition) is 5. The van der Waals surface area contributed by atoms with Crippen LogP contribution in [0.15, 0.2) is 0 Å². The number of hydroxylamine groups is 3. The van der Waals surface area contributed by atoms with Gasteiger partial charge in [0, 0.05) is 6.61 Å². The van der Waals surface area contributed by atoms with E-state index >= 15 is 0 Å². The van der Waals surface area contributed by atoms with E-state index < -0.39 is 31.0 Å². The van der Waals surface area contributed by atoms with Crippen molar-refractivity contribution in [3.63, 3.8) is 0 Å². The van der Waals surface area contributed by atoms with Gasteiger partial charge < -0.3 is 35.2 Å². The Balaban J connectivity index is 0. The SMILES string of the molecule is CCN.CCOCC[N+]([O-])(CC(=O)O)CP(=O)(O)O. The molecule has 0 saturated carbocycles. The number of quaternary nitrogens is 1. The monoisotopic (exact) mass is 302 g/mol. The Kier molecular flexibility index (Phi) is 11.2. The molecule has 0 aromatic carbocycles. The van der Waals surface area contributed by atoms with Crippen molar-refractivity contribution >= 4 is 13.6 Å². The van der Waals surface area contributed by atoms with Crippen LogP contribution < -0.4 is 5.73 Å². The molecule has 0 radical (unpaired) electrons. The Labute approximate surface area is 112 Å². The summed E-state index contributed by atoms with van der Waals surface area (Å²) >= 11 is 0.